The van der Waals surface area contributed by atoms with Gasteiger partial charge in [-0.05, 0) is 0 Å². The predicted molar refractivity (Wildman–Crippen MR) is 46.7 cm³/mol. The summed E-state index contributed by atoms with van der Waals surface area (Å²) < 4.78 is 0. The lowest BCUT2D eigenvalue weighted by Crippen LogP contribution is -2.32. The van der Waals surface area contributed by atoms with Crippen molar-refractivity contribution in [2.45, 2.75) is 6.04 Å². The van der Waals surface area contributed by atoms with E-state index in [1.807, 2.05) is 0 Å². The molecule has 0 heterocycles. The Balaban J connectivity index is 3.21. The SMILES string of the molecule is N[C@@H](CSCCBr)C(=O)O. The number of thioether (sulfide) groups is 1. The third-order valence-electron chi connectivity index (χ3n) is 0.836. The van der Waals surface area contributed by atoms with Crippen molar-refractivity contribution in [3.05, 3.63) is 0 Å². The fraction of sp³-hybridized carbons (Fsp3) is 0.800. The minimum Gasteiger partial charge on any atom is -0.480 e. The minimum absolute atomic E-state index is 0.487. The first-order chi connectivity index (χ1) is 4.68. The maximum absolute atomic E-state index is 10.1. The summed E-state index contributed by atoms with van der Waals surface area (Å²) in [5, 5.41) is 9.21. The van der Waals surface area contributed by atoms with Gasteiger partial charge in [-0.3, -0.25) is 4.79 Å². The fourth-order valence-corrected chi connectivity index (χ4v) is 1.70. The summed E-state index contributed by atoms with van der Waals surface area (Å²) in [5.74, 6) is 0.462. The van der Waals surface area contributed by atoms with Crippen LogP contribution in [0.5, 0.6) is 0 Å². The summed E-state index contributed by atoms with van der Waals surface area (Å²) in [7, 11) is 0. The van der Waals surface area contributed by atoms with Gasteiger partial charge in [-0.2, -0.15) is 11.8 Å². The van der Waals surface area contributed by atoms with Gasteiger partial charge in [-0.15, -0.1) is 0 Å². The Morgan fingerprint density at radius 2 is 2.40 bits per heavy atom. The molecular formula is C5H10BrNO2S. The monoisotopic (exact) mass is 227 g/mol. The van der Waals surface area contributed by atoms with Gasteiger partial charge < -0.3 is 10.8 Å². The van der Waals surface area contributed by atoms with Crippen molar-refractivity contribution < 1.29 is 9.90 Å². The first kappa shape index (κ1) is 10.3. The summed E-state index contributed by atoms with van der Waals surface area (Å²) in [6.07, 6.45) is 0. The van der Waals surface area contributed by atoms with Gasteiger partial charge in [0.1, 0.15) is 6.04 Å². The summed E-state index contributed by atoms with van der Waals surface area (Å²) in [6.45, 7) is 0. The third-order valence-corrected chi connectivity index (χ3v) is 2.85. The van der Waals surface area contributed by atoms with Crippen molar-refractivity contribution in [2.75, 3.05) is 16.8 Å². The van der Waals surface area contributed by atoms with Gasteiger partial charge in [-0.25, -0.2) is 0 Å². The molecule has 0 rings (SSSR count). The van der Waals surface area contributed by atoms with Crippen LogP contribution < -0.4 is 5.73 Å². The van der Waals surface area contributed by atoms with Crippen LogP contribution in [-0.2, 0) is 4.79 Å². The Hall–Kier alpha value is 0.260. The van der Waals surface area contributed by atoms with Gasteiger partial charge in [-0.1, -0.05) is 15.9 Å². The topological polar surface area (TPSA) is 63.3 Å². The second kappa shape index (κ2) is 6.00. The van der Waals surface area contributed by atoms with Crippen molar-refractivity contribution in [2.24, 2.45) is 5.73 Å². The Bertz CT molecular complexity index is 112. The van der Waals surface area contributed by atoms with Gasteiger partial charge in [0, 0.05) is 16.8 Å². The summed E-state index contributed by atoms with van der Waals surface area (Å²) in [5.41, 5.74) is 5.22. The molecule has 0 amide bonds. The number of hydrogen-bond acceptors (Lipinski definition) is 3. The molecule has 0 aliphatic rings. The van der Waals surface area contributed by atoms with E-state index >= 15 is 0 Å². The smallest absolute Gasteiger partial charge is 0.321 e. The number of aliphatic carboxylic acids is 1. The number of nitrogens with two attached hydrogens (primary N) is 1. The van der Waals surface area contributed by atoms with Crippen LogP contribution in [0.2, 0.25) is 0 Å². The Labute approximate surface area is 72.5 Å². The van der Waals surface area contributed by atoms with Gasteiger partial charge in [0.25, 0.3) is 0 Å². The van der Waals surface area contributed by atoms with Crippen LogP contribution in [0.25, 0.3) is 0 Å². The molecule has 0 aromatic rings. The largest absolute Gasteiger partial charge is 0.480 e. The van der Waals surface area contributed by atoms with Gasteiger partial charge >= 0.3 is 5.97 Å². The summed E-state index contributed by atoms with van der Waals surface area (Å²) in [4.78, 5) is 10.1. The molecule has 0 aromatic carbocycles. The second-order valence-corrected chi connectivity index (χ2v) is 3.65. The van der Waals surface area contributed by atoms with Gasteiger partial charge in [0.05, 0.1) is 0 Å². The highest BCUT2D eigenvalue weighted by Crippen LogP contribution is 2.02. The van der Waals surface area contributed by atoms with E-state index in [1.54, 1.807) is 0 Å². The zero-order valence-corrected chi connectivity index (χ0v) is 7.82. The maximum Gasteiger partial charge on any atom is 0.321 e. The lowest BCUT2D eigenvalue weighted by molar-refractivity contribution is -0.137. The summed E-state index contributed by atoms with van der Waals surface area (Å²) in [6, 6.07) is -0.718. The van der Waals surface area contributed by atoms with Crippen LogP contribution in [-0.4, -0.2) is 34.0 Å². The first-order valence-electron chi connectivity index (χ1n) is 2.80. The van der Waals surface area contributed by atoms with Crippen molar-refractivity contribution in [3.8, 4) is 0 Å². The number of alkyl halides is 1. The fourth-order valence-electron chi connectivity index (χ4n) is 0.336. The zero-order valence-electron chi connectivity index (χ0n) is 5.42. The van der Waals surface area contributed by atoms with E-state index in [1.165, 1.54) is 11.8 Å². The average Bonchev–Trinajstić information content (AvgIpc) is 1.88. The average molecular weight is 228 g/mol. The Morgan fingerprint density at radius 3 is 2.80 bits per heavy atom. The quantitative estimate of drug-likeness (QED) is 0.532. The number of rotatable bonds is 5. The first-order valence-corrected chi connectivity index (χ1v) is 5.08. The van der Waals surface area contributed by atoms with Gasteiger partial charge in [0.2, 0.25) is 0 Å². The minimum atomic E-state index is -0.929. The normalized spacial score (nSPS) is 13.0. The van der Waals surface area contributed by atoms with E-state index in [0.717, 1.165) is 11.1 Å². The molecule has 60 valence electrons. The van der Waals surface area contributed by atoms with Crippen LogP contribution in [0.1, 0.15) is 0 Å². The molecule has 3 N–H and O–H groups in total. The molecule has 0 fully saturated rings. The molecule has 0 bridgehead atoms. The van der Waals surface area contributed by atoms with E-state index in [2.05, 4.69) is 15.9 Å². The number of halogens is 1. The maximum atomic E-state index is 10.1. The third kappa shape index (κ3) is 5.08. The predicted octanol–water partition coefficient (Wildman–Crippen LogP) is 0.526. The Kier molecular flexibility index (Phi) is 6.16. The standard InChI is InChI=1S/C5H10BrNO2S/c6-1-2-10-3-4(7)5(8)9/h4H,1-3,7H2,(H,8,9)/t4-/m0/s1. The highest BCUT2D eigenvalue weighted by Gasteiger charge is 2.09. The molecule has 0 aliphatic heterocycles. The molecule has 0 aromatic heterocycles. The second-order valence-electron chi connectivity index (χ2n) is 1.71. The molecule has 0 saturated heterocycles. The van der Waals surface area contributed by atoms with Crippen molar-refractivity contribution in [3.63, 3.8) is 0 Å². The van der Waals surface area contributed by atoms with Crippen LogP contribution in [0, 0.1) is 0 Å². The van der Waals surface area contributed by atoms with Crippen LogP contribution in [0.3, 0.4) is 0 Å². The molecule has 0 radical (unpaired) electrons. The van der Waals surface area contributed by atoms with Crippen molar-refractivity contribution in [1.29, 1.82) is 0 Å². The molecule has 1 atom stereocenters. The van der Waals surface area contributed by atoms with Crippen LogP contribution >= 0.6 is 27.7 Å². The number of carboxylic acid groups (broad SMARTS) is 1. The number of hydrogen-bond donors (Lipinski definition) is 2. The van der Waals surface area contributed by atoms with Gasteiger partial charge in [0.15, 0.2) is 0 Å². The van der Waals surface area contributed by atoms with Crippen molar-refractivity contribution >= 4 is 33.7 Å². The summed E-state index contributed by atoms with van der Waals surface area (Å²) >= 11 is 4.76. The molecule has 0 aliphatic carbocycles. The number of carbonyl (C=O) groups is 1. The zero-order chi connectivity index (χ0) is 7.98. The Morgan fingerprint density at radius 1 is 1.80 bits per heavy atom. The lowest BCUT2D eigenvalue weighted by atomic mass is 10.4. The molecule has 0 unspecified atom stereocenters. The van der Waals surface area contributed by atoms with Crippen LogP contribution in [0.4, 0.5) is 0 Å². The molecule has 0 saturated carbocycles. The number of carboxylic acids is 1. The van der Waals surface area contributed by atoms with E-state index < -0.39 is 12.0 Å². The lowest BCUT2D eigenvalue weighted by Gasteiger charge is -2.03. The molecule has 3 nitrogen and oxygen atoms in total. The van der Waals surface area contributed by atoms with E-state index in [-0.39, 0.29) is 0 Å². The highest BCUT2D eigenvalue weighted by molar-refractivity contribution is 9.09. The van der Waals surface area contributed by atoms with E-state index in [4.69, 9.17) is 10.8 Å². The molecule has 5 heteroatoms. The molecule has 0 spiro atoms. The molecular weight excluding hydrogens is 218 g/mol. The van der Waals surface area contributed by atoms with Crippen molar-refractivity contribution in [1.82, 2.24) is 0 Å². The molecule has 10 heavy (non-hydrogen) atoms. The van der Waals surface area contributed by atoms with E-state index in [9.17, 15) is 4.79 Å². The van der Waals surface area contributed by atoms with Crippen LogP contribution in [0.15, 0.2) is 0 Å². The van der Waals surface area contributed by atoms with E-state index in [0.29, 0.717) is 5.75 Å². The highest BCUT2D eigenvalue weighted by atomic mass is 79.9.